The van der Waals surface area contributed by atoms with E-state index in [-0.39, 0.29) is 11.8 Å². The Kier molecular flexibility index (Phi) is 5.71. The molecule has 2 aliphatic heterocycles. The number of hydrogen-bond donors (Lipinski definition) is 2. The van der Waals surface area contributed by atoms with Crippen LogP contribution in [0.3, 0.4) is 0 Å². The van der Waals surface area contributed by atoms with E-state index in [1.165, 1.54) is 0 Å². The maximum atomic E-state index is 13.0. The van der Waals surface area contributed by atoms with Gasteiger partial charge in [-0.1, -0.05) is 18.7 Å². The van der Waals surface area contributed by atoms with Crippen molar-refractivity contribution in [2.75, 3.05) is 18.4 Å². The van der Waals surface area contributed by atoms with Gasteiger partial charge < -0.3 is 15.3 Å². The number of nitrogens with zero attached hydrogens (tertiary/aromatic N) is 3. The number of carbonyl (C=O) groups is 2. The van der Waals surface area contributed by atoms with Crippen molar-refractivity contribution in [1.29, 1.82) is 0 Å². The number of hydrogen-bond acceptors (Lipinski definition) is 6. The fourth-order valence-electron chi connectivity index (χ4n) is 3.78. The third-order valence-corrected chi connectivity index (χ3v) is 6.75. The SMILES string of the molecule is CC(CCC1CCN(C(=O)c2ccc3c(c2)Nc2nccnc2S3)CC1)C(=O)O. The van der Waals surface area contributed by atoms with Gasteiger partial charge in [0, 0.05) is 35.9 Å². The highest BCUT2D eigenvalue weighted by Crippen LogP contribution is 2.42. The summed E-state index contributed by atoms with van der Waals surface area (Å²) in [5.41, 5.74) is 1.55. The molecule has 0 radical (unpaired) electrons. The summed E-state index contributed by atoms with van der Waals surface area (Å²) >= 11 is 1.55. The number of carboxylic acid groups (broad SMARTS) is 1. The standard InChI is InChI=1S/C21H24N4O3S/c1-13(21(27)28)2-3-14-6-10-25(11-7-14)20(26)15-4-5-17-16(12-15)24-18-19(29-17)23-9-8-22-18/h4-5,8-9,12-14H,2-3,6-7,10-11H2,1H3,(H,22,24)(H,27,28). The average Bonchev–Trinajstić information content (AvgIpc) is 2.75. The molecule has 0 aliphatic carbocycles. The zero-order valence-electron chi connectivity index (χ0n) is 16.3. The number of piperidine rings is 1. The first kappa shape index (κ1) is 19.7. The molecule has 0 bridgehead atoms. The van der Waals surface area contributed by atoms with Crippen molar-refractivity contribution in [2.24, 2.45) is 11.8 Å². The zero-order chi connectivity index (χ0) is 20.4. The number of carboxylic acids is 1. The normalized spacial score (nSPS) is 17.1. The van der Waals surface area contributed by atoms with E-state index >= 15 is 0 Å². The molecule has 3 heterocycles. The van der Waals surface area contributed by atoms with Gasteiger partial charge >= 0.3 is 5.97 Å². The topological polar surface area (TPSA) is 95.4 Å². The summed E-state index contributed by atoms with van der Waals surface area (Å²) in [4.78, 5) is 35.5. The van der Waals surface area contributed by atoms with Gasteiger partial charge in [0.15, 0.2) is 5.82 Å². The fraction of sp³-hybridized carbons (Fsp3) is 0.429. The lowest BCUT2D eigenvalue weighted by Crippen LogP contribution is -2.38. The highest BCUT2D eigenvalue weighted by molar-refractivity contribution is 7.99. The molecule has 2 aliphatic rings. The lowest BCUT2D eigenvalue weighted by atomic mass is 9.89. The predicted octanol–water partition coefficient (Wildman–Crippen LogP) is 4.04. The first-order valence-corrected chi connectivity index (χ1v) is 10.7. The molecule has 1 atom stereocenters. The Morgan fingerprint density at radius 2 is 2.03 bits per heavy atom. The van der Waals surface area contributed by atoms with Crippen LogP contribution in [-0.4, -0.2) is 44.9 Å². The summed E-state index contributed by atoms with van der Waals surface area (Å²) in [6, 6.07) is 5.72. The molecule has 0 saturated carbocycles. The Labute approximate surface area is 173 Å². The minimum absolute atomic E-state index is 0.0434. The molecule has 7 nitrogen and oxygen atoms in total. The fourth-order valence-corrected chi connectivity index (χ4v) is 4.66. The van der Waals surface area contributed by atoms with Crippen LogP contribution in [0, 0.1) is 11.8 Å². The van der Waals surface area contributed by atoms with Crippen LogP contribution >= 0.6 is 11.8 Å². The van der Waals surface area contributed by atoms with Gasteiger partial charge in [-0.05, 0) is 49.8 Å². The van der Waals surface area contributed by atoms with Gasteiger partial charge in [-0.15, -0.1) is 0 Å². The molecular weight excluding hydrogens is 388 g/mol. The van der Waals surface area contributed by atoms with Crippen LogP contribution in [-0.2, 0) is 4.79 Å². The monoisotopic (exact) mass is 412 g/mol. The number of nitrogens with one attached hydrogen (secondary N) is 1. The summed E-state index contributed by atoms with van der Waals surface area (Å²) in [6.07, 6.45) is 6.79. The van der Waals surface area contributed by atoms with Crippen molar-refractivity contribution in [2.45, 2.75) is 42.5 Å². The highest BCUT2D eigenvalue weighted by Gasteiger charge is 2.26. The third-order valence-electron chi connectivity index (χ3n) is 5.68. The summed E-state index contributed by atoms with van der Waals surface area (Å²) in [5.74, 6) is 0.223. The first-order valence-electron chi connectivity index (χ1n) is 9.93. The number of aromatic nitrogens is 2. The zero-order valence-corrected chi connectivity index (χ0v) is 17.1. The van der Waals surface area contributed by atoms with Crippen molar-refractivity contribution in [3.63, 3.8) is 0 Å². The van der Waals surface area contributed by atoms with E-state index in [9.17, 15) is 9.59 Å². The summed E-state index contributed by atoms with van der Waals surface area (Å²) in [6.45, 7) is 3.20. The first-order chi connectivity index (χ1) is 14.0. The van der Waals surface area contributed by atoms with E-state index in [4.69, 9.17) is 5.11 Å². The van der Waals surface area contributed by atoms with E-state index in [2.05, 4.69) is 15.3 Å². The molecule has 1 aromatic carbocycles. The lowest BCUT2D eigenvalue weighted by molar-refractivity contribution is -0.141. The molecule has 1 fully saturated rings. The number of fused-ring (bicyclic) bond motifs is 2. The summed E-state index contributed by atoms with van der Waals surface area (Å²) < 4.78 is 0. The van der Waals surface area contributed by atoms with Gasteiger partial charge in [0.1, 0.15) is 5.03 Å². The molecule has 4 rings (SSSR count). The number of likely N-dealkylation sites (tertiary alicyclic amines) is 1. The quantitative estimate of drug-likeness (QED) is 0.653. The molecule has 1 saturated heterocycles. The van der Waals surface area contributed by atoms with E-state index in [1.54, 1.807) is 31.1 Å². The van der Waals surface area contributed by atoms with Crippen LogP contribution in [0.25, 0.3) is 0 Å². The smallest absolute Gasteiger partial charge is 0.306 e. The van der Waals surface area contributed by atoms with Gasteiger partial charge in [0.05, 0.1) is 11.6 Å². The second kappa shape index (κ2) is 8.41. The van der Waals surface area contributed by atoms with Gasteiger partial charge in [0.25, 0.3) is 5.91 Å². The summed E-state index contributed by atoms with van der Waals surface area (Å²) in [7, 11) is 0. The van der Waals surface area contributed by atoms with Crippen LogP contribution in [0.5, 0.6) is 0 Å². The highest BCUT2D eigenvalue weighted by atomic mass is 32.2. The van der Waals surface area contributed by atoms with Crippen molar-refractivity contribution in [3.8, 4) is 0 Å². The summed E-state index contributed by atoms with van der Waals surface area (Å²) in [5, 5.41) is 13.1. The van der Waals surface area contributed by atoms with E-state index in [0.29, 0.717) is 23.7 Å². The van der Waals surface area contributed by atoms with Gasteiger partial charge in [-0.3, -0.25) is 9.59 Å². The number of aliphatic carboxylic acids is 1. The maximum Gasteiger partial charge on any atom is 0.306 e. The minimum atomic E-state index is -0.731. The molecule has 2 N–H and O–H groups in total. The van der Waals surface area contributed by atoms with E-state index in [1.807, 2.05) is 23.1 Å². The Hall–Kier alpha value is -2.61. The molecule has 152 valence electrons. The number of rotatable bonds is 5. The van der Waals surface area contributed by atoms with Gasteiger partial charge in [-0.2, -0.15) is 0 Å². The van der Waals surface area contributed by atoms with Crippen LogP contribution in [0.2, 0.25) is 0 Å². The molecule has 1 aromatic heterocycles. The average molecular weight is 413 g/mol. The predicted molar refractivity (Wildman–Crippen MR) is 111 cm³/mol. The van der Waals surface area contributed by atoms with Gasteiger partial charge in [-0.25, -0.2) is 9.97 Å². The van der Waals surface area contributed by atoms with Crippen LogP contribution in [0.4, 0.5) is 11.5 Å². The maximum absolute atomic E-state index is 13.0. The third kappa shape index (κ3) is 4.37. The molecule has 1 unspecified atom stereocenters. The Balaban J connectivity index is 1.36. The molecule has 2 aromatic rings. The Morgan fingerprint density at radius 1 is 1.28 bits per heavy atom. The number of anilines is 2. The van der Waals surface area contributed by atoms with Crippen LogP contribution < -0.4 is 5.32 Å². The van der Waals surface area contributed by atoms with Gasteiger partial charge in [0.2, 0.25) is 0 Å². The van der Waals surface area contributed by atoms with Crippen molar-refractivity contribution in [3.05, 3.63) is 36.2 Å². The molecule has 0 spiro atoms. The second-order valence-electron chi connectivity index (χ2n) is 7.70. The van der Waals surface area contributed by atoms with Crippen molar-refractivity contribution >= 4 is 35.1 Å². The lowest BCUT2D eigenvalue weighted by Gasteiger charge is -2.32. The number of amides is 1. The van der Waals surface area contributed by atoms with Crippen LogP contribution in [0.15, 0.2) is 40.5 Å². The van der Waals surface area contributed by atoms with Crippen LogP contribution in [0.1, 0.15) is 43.0 Å². The molecule has 29 heavy (non-hydrogen) atoms. The van der Waals surface area contributed by atoms with Crippen molar-refractivity contribution in [1.82, 2.24) is 14.9 Å². The molecule has 8 heteroatoms. The van der Waals surface area contributed by atoms with E-state index in [0.717, 1.165) is 48.0 Å². The number of carbonyl (C=O) groups excluding carboxylic acids is 1. The Bertz CT molecular complexity index is 928. The Morgan fingerprint density at radius 3 is 2.79 bits per heavy atom. The largest absolute Gasteiger partial charge is 0.481 e. The second-order valence-corrected chi connectivity index (χ2v) is 8.73. The van der Waals surface area contributed by atoms with Crippen molar-refractivity contribution < 1.29 is 14.7 Å². The molecular formula is C21H24N4O3S. The van der Waals surface area contributed by atoms with E-state index < -0.39 is 5.97 Å². The minimum Gasteiger partial charge on any atom is -0.481 e. The molecule has 1 amide bonds. The number of benzene rings is 1.